The second-order valence-electron chi connectivity index (χ2n) is 6.18. The topological polar surface area (TPSA) is 230 Å². The van der Waals surface area contributed by atoms with Crippen LogP contribution in [0.25, 0.3) is 0 Å². The Morgan fingerprint density at radius 1 is 0.867 bits per heavy atom. The van der Waals surface area contributed by atoms with Crippen molar-refractivity contribution in [3.05, 3.63) is 0 Å². The zero-order chi connectivity index (χ0) is 22.2. The molecule has 0 heterocycles. The van der Waals surface area contributed by atoms with Gasteiger partial charge in [-0.2, -0.15) is 0 Å². The van der Waals surface area contributed by atoms with Gasteiger partial charge < -0.3 is 30.5 Å². The Kier molecular flexibility index (Phi) is 24.5. The number of hydrogen-bond acceptors (Lipinski definition) is 8. The van der Waals surface area contributed by atoms with Gasteiger partial charge in [0.15, 0.2) is 5.60 Å². The molecule has 12 nitrogen and oxygen atoms in total. The molecular weight excluding hydrogens is 439 g/mol. The van der Waals surface area contributed by atoms with Crippen LogP contribution in [0.5, 0.6) is 0 Å². The summed E-state index contributed by atoms with van der Waals surface area (Å²) in [5, 5.41) is 33.8. The van der Waals surface area contributed by atoms with Crippen LogP contribution in [0, 0.1) is 0 Å². The maximum Gasteiger partial charge on any atom is 1.00 e. The normalized spacial score (nSPS) is 10.6. The summed E-state index contributed by atoms with van der Waals surface area (Å²) in [7, 11) is -4.48. The Balaban J connectivity index is -0.000000213. The third-order valence-corrected chi connectivity index (χ3v) is 3.97. The number of aliphatic hydroxyl groups is 1. The smallest absolute Gasteiger partial charge is 0.726 e. The Labute approximate surface area is 198 Å². The molecule has 30 heavy (non-hydrogen) atoms. The molecule has 0 spiro atoms. The van der Waals surface area contributed by atoms with Crippen molar-refractivity contribution in [3.63, 3.8) is 0 Å². The van der Waals surface area contributed by atoms with Gasteiger partial charge in [0.2, 0.25) is 10.4 Å². The molecule has 0 unspecified atom stereocenters. The van der Waals surface area contributed by atoms with E-state index >= 15 is 0 Å². The van der Waals surface area contributed by atoms with Gasteiger partial charge in [-0.1, -0.05) is 51.9 Å². The molecule has 0 fully saturated rings. The summed E-state index contributed by atoms with van der Waals surface area (Å²) in [5.41, 5.74) is -2.74. The molecule has 174 valence electrons. The van der Waals surface area contributed by atoms with E-state index in [2.05, 4.69) is 11.1 Å². The van der Waals surface area contributed by atoms with Crippen molar-refractivity contribution in [2.24, 2.45) is 0 Å². The van der Waals surface area contributed by atoms with Crippen LogP contribution in [0.2, 0.25) is 0 Å². The number of unbranched alkanes of at least 4 members (excludes halogenated alkanes) is 7. The van der Waals surface area contributed by atoms with E-state index in [0.29, 0.717) is 6.42 Å². The Hall–Kier alpha value is -0.800. The minimum Gasteiger partial charge on any atom is -0.726 e. The van der Waals surface area contributed by atoms with Crippen LogP contribution in [0.1, 0.15) is 71.1 Å². The van der Waals surface area contributed by atoms with Crippen LogP contribution in [0.4, 0.5) is 0 Å². The molecule has 14 heteroatoms. The second kappa shape index (κ2) is 20.1. The fourth-order valence-electron chi connectivity index (χ4n) is 2.11. The summed E-state index contributed by atoms with van der Waals surface area (Å²) < 4.78 is 34.3. The number of aliphatic carboxylic acids is 3. The molecule has 0 radical (unpaired) electrons. The van der Waals surface area contributed by atoms with Crippen LogP contribution >= 0.6 is 0 Å². The zero-order valence-corrected chi connectivity index (χ0v) is 20.1. The predicted octanol–water partition coefficient (Wildman–Crippen LogP) is -2.47. The molecule has 0 atom stereocenters. The van der Waals surface area contributed by atoms with Crippen molar-refractivity contribution in [1.29, 1.82) is 0 Å². The summed E-state index contributed by atoms with van der Waals surface area (Å²) in [6, 6.07) is 0. The molecular formula is C16H31NaO12S. The zero-order valence-electron chi connectivity index (χ0n) is 17.3. The molecule has 0 aromatic heterocycles. The van der Waals surface area contributed by atoms with Gasteiger partial charge in [-0.25, -0.2) is 13.2 Å². The molecule has 0 saturated heterocycles. The van der Waals surface area contributed by atoms with Gasteiger partial charge in [-0.3, -0.25) is 13.8 Å². The first-order valence-corrected chi connectivity index (χ1v) is 10.2. The molecule has 0 aliphatic rings. The Morgan fingerprint density at radius 3 is 1.53 bits per heavy atom. The number of carboxylic acid groups (broad SMARTS) is 3. The molecule has 0 amide bonds. The van der Waals surface area contributed by atoms with Gasteiger partial charge in [0, 0.05) is 0 Å². The third-order valence-electron chi connectivity index (χ3n) is 3.51. The van der Waals surface area contributed by atoms with Crippen molar-refractivity contribution in [2.45, 2.75) is 76.7 Å². The standard InChI is InChI=1S/C10H22O4S.C6H8O7.Na.H2O/c1-2-3-4-5-6-7-8-9-10-14-15(11,12)13;7-3(8)1-6(13,5(11)12)2-4(9)10;;/h2-10H2,1H3,(H,11,12,13);13H,1-2H2,(H,7,8)(H,9,10)(H,11,12);;1H2/q;;+1;/p-1. The first-order valence-electron chi connectivity index (χ1n) is 8.83. The van der Waals surface area contributed by atoms with Gasteiger partial charge in [-0.15, -0.1) is 0 Å². The van der Waals surface area contributed by atoms with E-state index in [0.717, 1.165) is 12.8 Å². The van der Waals surface area contributed by atoms with E-state index in [1.165, 1.54) is 32.1 Å². The van der Waals surface area contributed by atoms with E-state index < -0.39 is 46.7 Å². The quantitative estimate of drug-likeness (QED) is 0.0847. The largest absolute Gasteiger partial charge is 1.00 e. The molecule has 0 aliphatic heterocycles. The van der Waals surface area contributed by atoms with Crippen LogP contribution < -0.4 is 29.6 Å². The third kappa shape index (κ3) is 25.2. The number of carboxylic acids is 3. The van der Waals surface area contributed by atoms with Crippen molar-refractivity contribution in [1.82, 2.24) is 0 Å². The van der Waals surface area contributed by atoms with Crippen molar-refractivity contribution < 1.29 is 87.0 Å². The van der Waals surface area contributed by atoms with Crippen LogP contribution in [-0.4, -0.2) is 69.0 Å². The van der Waals surface area contributed by atoms with Gasteiger partial charge >= 0.3 is 47.5 Å². The first-order chi connectivity index (χ1) is 12.8. The van der Waals surface area contributed by atoms with E-state index in [-0.39, 0.29) is 41.6 Å². The molecule has 0 aromatic rings. The summed E-state index contributed by atoms with van der Waals surface area (Å²) in [6.45, 7) is 2.21. The fraction of sp³-hybridized carbons (Fsp3) is 0.812. The number of rotatable bonds is 15. The van der Waals surface area contributed by atoms with E-state index in [1.54, 1.807) is 0 Å². The first kappa shape index (κ1) is 36.6. The van der Waals surface area contributed by atoms with E-state index in [4.69, 9.17) is 20.4 Å². The van der Waals surface area contributed by atoms with Gasteiger partial charge in [0.05, 0.1) is 19.4 Å². The fourth-order valence-corrected chi connectivity index (χ4v) is 2.43. The molecule has 0 bridgehead atoms. The average Bonchev–Trinajstić information content (AvgIpc) is 2.51. The summed E-state index contributed by atoms with van der Waals surface area (Å²) in [4.78, 5) is 30.5. The molecule has 0 saturated carbocycles. The molecule has 6 N–H and O–H groups in total. The number of carbonyl (C=O) groups is 3. The van der Waals surface area contributed by atoms with Gasteiger partial charge in [-0.05, 0) is 6.42 Å². The van der Waals surface area contributed by atoms with Gasteiger partial charge in [0.1, 0.15) is 0 Å². The Bertz CT molecular complexity index is 563. The molecule has 0 rings (SSSR count). The number of hydrogen-bond donors (Lipinski definition) is 4. The van der Waals surface area contributed by atoms with E-state index in [9.17, 15) is 27.4 Å². The summed E-state index contributed by atoms with van der Waals surface area (Å²) in [5.74, 6) is -5.02. The minimum absolute atomic E-state index is 0. The average molecular weight is 470 g/mol. The van der Waals surface area contributed by atoms with Crippen LogP contribution in [0.15, 0.2) is 0 Å². The van der Waals surface area contributed by atoms with E-state index in [1.807, 2.05) is 0 Å². The van der Waals surface area contributed by atoms with Crippen molar-refractivity contribution >= 4 is 28.3 Å². The SMILES string of the molecule is CCCCCCCCCCOS(=O)(=O)[O-].O.O=C(O)CC(O)(CC(=O)O)C(=O)O.[Na+]. The minimum atomic E-state index is -4.48. The molecule has 0 aromatic carbocycles. The van der Waals surface area contributed by atoms with Crippen LogP contribution in [-0.2, 0) is 29.0 Å². The van der Waals surface area contributed by atoms with Gasteiger partial charge in [0.25, 0.3) is 0 Å². The Morgan fingerprint density at radius 2 is 1.23 bits per heavy atom. The van der Waals surface area contributed by atoms with Crippen LogP contribution in [0.3, 0.4) is 0 Å². The van der Waals surface area contributed by atoms with Crippen molar-refractivity contribution in [2.75, 3.05) is 6.61 Å². The predicted molar refractivity (Wildman–Crippen MR) is 99.0 cm³/mol. The summed E-state index contributed by atoms with van der Waals surface area (Å²) >= 11 is 0. The summed E-state index contributed by atoms with van der Waals surface area (Å²) in [6.07, 6.45) is 6.62. The monoisotopic (exact) mass is 470 g/mol. The molecule has 0 aliphatic carbocycles. The maximum atomic E-state index is 10.3. The second-order valence-corrected chi connectivity index (χ2v) is 7.24. The van der Waals surface area contributed by atoms with Crippen molar-refractivity contribution in [3.8, 4) is 0 Å². The maximum absolute atomic E-state index is 10.3.